The summed E-state index contributed by atoms with van der Waals surface area (Å²) < 4.78 is 38.6. The van der Waals surface area contributed by atoms with Crippen molar-refractivity contribution < 1.29 is 23.1 Å². The van der Waals surface area contributed by atoms with Crippen molar-refractivity contribution in [2.24, 2.45) is 5.41 Å². The maximum absolute atomic E-state index is 12.9. The van der Waals surface area contributed by atoms with Crippen LogP contribution in [0.2, 0.25) is 0 Å². The van der Waals surface area contributed by atoms with Crippen LogP contribution in [0.15, 0.2) is 0 Å². The molecular formula is C10H12F3NO2. The van der Waals surface area contributed by atoms with Gasteiger partial charge in [0, 0.05) is 19.5 Å². The van der Waals surface area contributed by atoms with E-state index >= 15 is 0 Å². The van der Waals surface area contributed by atoms with Crippen molar-refractivity contribution in [2.75, 3.05) is 13.1 Å². The molecule has 1 N–H and O–H groups in total. The molecule has 0 unspecified atom stereocenters. The number of piperidine rings is 1. The van der Waals surface area contributed by atoms with Gasteiger partial charge >= 0.3 is 12.3 Å². The highest BCUT2D eigenvalue weighted by atomic mass is 19.4. The number of amides is 1. The number of terminal acetylenes is 1. The van der Waals surface area contributed by atoms with Gasteiger partial charge < -0.3 is 10.0 Å². The molecule has 90 valence electrons. The molecule has 1 aliphatic heterocycles. The molecule has 0 bridgehead atoms. The van der Waals surface area contributed by atoms with Crippen LogP contribution < -0.4 is 0 Å². The molecule has 0 aromatic heterocycles. The summed E-state index contributed by atoms with van der Waals surface area (Å²) >= 11 is 0. The third-order valence-corrected chi connectivity index (χ3v) is 3.03. The average Bonchev–Trinajstić information content (AvgIpc) is 2.17. The fraction of sp³-hybridized carbons (Fsp3) is 0.700. The first kappa shape index (κ1) is 12.7. The van der Waals surface area contributed by atoms with E-state index in [1.807, 2.05) is 5.92 Å². The van der Waals surface area contributed by atoms with E-state index in [1.165, 1.54) is 0 Å². The Kier molecular flexibility index (Phi) is 3.36. The number of hydrogen-bond donors (Lipinski definition) is 1. The Morgan fingerprint density at radius 2 is 1.94 bits per heavy atom. The Hall–Kier alpha value is -1.38. The normalized spacial score (nSPS) is 20.2. The van der Waals surface area contributed by atoms with Gasteiger partial charge in [0.1, 0.15) is 0 Å². The number of nitrogens with zero attached hydrogens (tertiary/aromatic N) is 1. The second-order valence-corrected chi connectivity index (χ2v) is 3.93. The summed E-state index contributed by atoms with van der Waals surface area (Å²) in [6.45, 7) is -0.229. The molecule has 16 heavy (non-hydrogen) atoms. The predicted molar refractivity (Wildman–Crippen MR) is 50.8 cm³/mol. The van der Waals surface area contributed by atoms with Gasteiger partial charge in [-0.05, 0) is 12.8 Å². The maximum atomic E-state index is 12.9. The van der Waals surface area contributed by atoms with Gasteiger partial charge in [-0.1, -0.05) is 0 Å². The number of alkyl halides is 3. The number of carbonyl (C=O) groups is 1. The summed E-state index contributed by atoms with van der Waals surface area (Å²) in [5.74, 6) is 2.04. The summed E-state index contributed by atoms with van der Waals surface area (Å²) in [6.07, 6.45) is -1.50. The number of likely N-dealkylation sites (tertiary alicyclic amines) is 1. The summed E-state index contributed by atoms with van der Waals surface area (Å²) in [4.78, 5) is 11.6. The molecule has 1 saturated heterocycles. The molecule has 1 heterocycles. The minimum Gasteiger partial charge on any atom is -0.465 e. The van der Waals surface area contributed by atoms with Crippen LogP contribution in [0.4, 0.5) is 18.0 Å². The van der Waals surface area contributed by atoms with Crippen molar-refractivity contribution in [3.05, 3.63) is 0 Å². The van der Waals surface area contributed by atoms with E-state index in [-0.39, 0.29) is 32.4 Å². The SMILES string of the molecule is C#CCC1(C(F)(F)F)CCN(C(=O)O)CC1. The average molecular weight is 235 g/mol. The highest BCUT2D eigenvalue weighted by molar-refractivity contribution is 5.65. The van der Waals surface area contributed by atoms with Crippen LogP contribution in [0, 0.1) is 17.8 Å². The van der Waals surface area contributed by atoms with Crippen LogP contribution in [-0.4, -0.2) is 35.4 Å². The van der Waals surface area contributed by atoms with Crippen LogP contribution >= 0.6 is 0 Å². The van der Waals surface area contributed by atoms with E-state index in [2.05, 4.69) is 0 Å². The minimum absolute atomic E-state index is 0.115. The lowest BCUT2D eigenvalue weighted by Crippen LogP contribution is -2.49. The highest BCUT2D eigenvalue weighted by Crippen LogP contribution is 2.48. The lowest BCUT2D eigenvalue weighted by atomic mass is 9.75. The van der Waals surface area contributed by atoms with E-state index in [9.17, 15) is 18.0 Å². The Bertz CT molecular complexity index is 311. The fourth-order valence-electron chi connectivity index (χ4n) is 1.88. The topological polar surface area (TPSA) is 40.5 Å². The number of rotatable bonds is 1. The second kappa shape index (κ2) is 4.24. The van der Waals surface area contributed by atoms with E-state index < -0.39 is 17.7 Å². The van der Waals surface area contributed by atoms with Gasteiger partial charge in [-0.2, -0.15) is 13.2 Å². The highest BCUT2D eigenvalue weighted by Gasteiger charge is 2.55. The molecule has 3 nitrogen and oxygen atoms in total. The molecule has 0 atom stereocenters. The van der Waals surface area contributed by atoms with Gasteiger partial charge in [0.15, 0.2) is 0 Å². The molecule has 0 aromatic rings. The molecule has 1 aliphatic rings. The van der Waals surface area contributed by atoms with Crippen molar-refractivity contribution in [3.8, 4) is 12.3 Å². The molecule has 0 aliphatic carbocycles. The molecule has 0 radical (unpaired) electrons. The summed E-state index contributed by atoms with van der Waals surface area (Å²) in [5, 5.41) is 8.65. The minimum atomic E-state index is -4.37. The lowest BCUT2D eigenvalue weighted by molar-refractivity contribution is -0.235. The standard InChI is InChI=1S/C10H12F3NO2/c1-2-3-9(10(11,12)13)4-6-14(7-5-9)8(15)16/h1H,3-7H2,(H,15,16). The smallest absolute Gasteiger partial charge is 0.407 e. The van der Waals surface area contributed by atoms with E-state index in [0.717, 1.165) is 4.90 Å². The first-order valence-electron chi connectivity index (χ1n) is 4.80. The molecule has 0 spiro atoms. The van der Waals surface area contributed by atoms with Gasteiger partial charge in [0.2, 0.25) is 0 Å². The first-order valence-corrected chi connectivity index (χ1v) is 4.80. The van der Waals surface area contributed by atoms with Gasteiger partial charge in [-0.15, -0.1) is 12.3 Å². The first-order chi connectivity index (χ1) is 7.32. The third-order valence-electron chi connectivity index (χ3n) is 3.03. The fourth-order valence-corrected chi connectivity index (χ4v) is 1.88. The Morgan fingerprint density at radius 1 is 1.44 bits per heavy atom. The van der Waals surface area contributed by atoms with Crippen molar-refractivity contribution >= 4 is 6.09 Å². The van der Waals surface area contributed by atoms with Gasteiger partial charge in [-0.25, -0.2) is 4.79 Å². The zero-order valence-corrected chi connectivity index (χ0v) is 8.55. The van der Waals surface area contributed by atoms with Crippen LogP contribution in [-0.2, 0) is 0 Å². The molecule has 1 fully saturated rings. The predicted octanol–water partition coefficient (Wildman–Crippen LogP) is 2.33. The van der Waals surface area contributed by atoms with Crippen molar-refractivity contribution in [2.45, 2.75) is 25.4 Å². The summed E-state index contributed by atoms with van der Waals surface area (Å²) in [7, 11) is 0. The maximum Gasteiger partial charge on any atom is 0.407 e. The molecule has 1 rings (SSSR count). The van der Waals surface area contributed by atoms with Crippen molar-refractivity contribution in [3.63, 3.8) is 0 Å². The quantitative estimate of drug-likeness (QED) is 0.708. The van der Waals surface area contributed by atoms with Gasteiger partial charge in [0.05, 0.1) is 5.41 Å². The van der Waals surface area contributed by atoms with E-state index in [0.29, 0.717) is 0 Å². The second-order valence-electron chi connectivity index (χ2n) is 3.93. The third kappa shape index (κ3) is 2.23. The Balaban J connectivity index is 2.79. The molecule has 0 aromatic carbocycles. The van der Waals surface area contributed by atoms with E-state index in [1.54, 1.807) is 0 Å². The van der Waals surface area contributed by atoms with Crippen LogP contribution in [0.5, 0.6) is 0 Å². The molecule has 1 amide bonds. The summed E-state index contributed by atoms with van der Waals surface area (Å²) in [6, 6.07) is 0. The van der Waals surface area contributed by atoms with Gasteiger partial charge in [0.25, 0.3) is 0 Å². The van der Waals surface area contributed by atoms with E-state index in [4.69, 9.17) is 11.5 Å². The Labute approximate surface area is 91.2 Å². The summed E-state index contributed by atoms with van der Waals surface area (Å²) in [5.41, 5.74) is -1.91. The molecule has 0 saturated carbocycles. The number of carboxylic acid groups (broad SMARTS) is 1. The molecule has 6 heteroatoms. The van der Waals surface area contributed by atoms with Crippen LogP contribution in [0.3, 0.4) is 0 Å². The Morgan fingerprint density at radius 3 is 2.25 bits per heavy atom. The lowest BCUT2D eigenvalue weighted by Gasteiger charge is -2.40. The number of halogens is 3. The van der Waals surface area contributed by atoms with Crippen LogP contribution in [0.25, 0.3) is 0 Å². The van der Waals surface area contributed by atoms with Crippen LogP contribution in [0.1, 0.15) is 19.3 Å². The largest absolute Gasteiger partial charge is 0.465 e. The molecular weight excluding hydrogens is 223 g/mol. The van der Waals surface area contributed by atoms with Crippen molar-refractivity contribution in [1.82, 2.24) is 4.90 Å². The monoisotopic (exact) mass is 235 g/mol. The zero-order valence-electron chi connectivity index (χ0n) is 8.55. The zero-order chi connectivity index (χ0) is 12.4. The van der Waals surface area contributed by atoms with Gasteiger partial charge in [-0.3, -0.25) is 0 Å². The number of hydrogen-bond acceptors (Lipinski definition) is 1. The van der Waals surface area contributed by atoms with Crippen molar-refractivity contribution in [1.29, 1.82) is 0 Å².